The minimum Gasteiger partial charge on any atom is -0.351 e. The summed E-state index contributed by atoms with van der Waals surface area (Å²) in [5, 5.41) is 3.42. The van der Waals surface area contributed by atoms with E-state index in [1.54, 1.807) is 73.2 Å². The summed E-state index contributed by atoms with van der Waals surface area (Å²) in [4.78, 5) is 21.9. The lowest BCUT2D eigenvalue weighted by Gasteiger charge is -2.39. The maximum absolute atomic E-state index is 13.9. The Hall–Kier alpha value is -3.71. The lowest BCUT2D eigenvalue weighted by Crippen LogP contribution is -2.61. The molecule has 1 fully saturated rings. The molecule has 1 N–H and O–H groups in total. The highest BCUT2D eigenvalue weighted by atomic mass is 32.2. The first-order chi connectivity index (χ1) is 19.9. The molecule has 42 heavy (non-hydrogen) atoms. The quantitative estimate of drug-likeness (QED) is 0.341. The Kier molecular flexibility index (Phi) is 8.17. The van der Waals surface area contributed by atoms with Crippen molar-refractivity contribution in [2.75, 3.05) is 19.6 Å². The Morgan fingerprint density at radius 1 is 0.881 bits per heavy atom. The zero-order chi connectivity index (χ0) is 30.1. The Bertz CT molecular complexity index is 1810. The topological polar surface area (TPSA) is 130 Å². The van der Waals surface area contributed by atoms with Gasteiger partial charge in [-0.1, -0.05) is 39.0 Å². The number of sulfonamides is 2. The average molecular weight is 608 g/mol. The van der Waals surface area contributed by atoms with Crippen molar-refractivity contribution < 1.29 is 21.6 Å². The number of carbonyl (C=O) groups excluding carboxylic acids is 1. The molecule has 10 nitrogen and oxygen atoms in total. The van der Waals surface area contributed by atoms with Gasteiger partial charge in [-0.15, -0.1) is 0 Å². The number of hydrogen-bond donors (Lipinski definition) is 1. The fraction of sp³-hybridized carbons (Fsp3) is 0.300. The number of aromatic nitrogens is 2. The Morgan fingerprint density at radius 2 is 1.57 bits per heavy atom. The monoisotopic (exact) mass is 607 g/mol. The Morgan fingerprint density at radius 3 is 2.26 bits per heavy atom. The number of rotatable bonds is 7. The van der Waals surface area contributed by atoms with Crippen molar-refractivity contribution in [2.24, 2.45) is 0 Å². The maximum atomic E-state index is 13.9. The highest BCUT2D eigenvalue weighted by molar-refractivity contribution is 7.89. The maximum Gasteiger partial charge on any atom is 0.243 e. The van der Waals surface area contributed by atoms with E-state index < -0.39 is 32.0 Å². The smallest absolute Gasteiger partial charge is 0.243 e. The third kappa shape index (κ3) is 6.07. The van der Waals surface area contributed by atoms with Crippen LogP contribution in [0, 0.1) is 0 Å². The van der Waals surface area contributed by atoms with E-state index in [-0.39, 0.29) is 41.4 Å². The van der Waals surface area contributed by atoms with Crippen molar-refractivity contribution in [1.82, 2.24) is 23.9 Å². The molecule has 2 aromatic heterocycles. The van der Waals surface area contributed by atoms with E-state index in [4.69, 9.17) is 0 Å². The largest absolute Gasteiger partial charge is 0.351 e. The summed E-state index contributed by atoms with van der Waals surface area (Å²) >= 11 is 0. The van der Waals surface area contributed by atoms with Crippen LogP contribution >= 0.6 is 0 Å². The number of nitrogens with zero attached hydrogens (tertiary/aromatic N) is 4. The summed E-state index contributed by atoms with van der Waals surface area (Å²) in [7, 11) is -8.18. The molecule has 5 rings (SSSR count). The highest BCUT2D eigenvalue weighted by Gasteiger charge is 2.43. The molecule has 2 aromatic carbocycles. The molecule has 1 aliphatic heterocycles. The van der Waals surface area contributed by atoms with E-state index in [1.807, 2.05) is 20.8 Å². The molecular weight excluding hydrogens is 574 g/mol. The molecule has 1 amide bonds. The molecule has 0 radical (unpaired) electrons. The van der Waals surface area contributed by atoms with Crippen molar-refractivity contribution in [3.63, 3.8) is 0 Å². The summed E-state index contributed by atoms with van der Waals surface area (Å²) in [6.07, 6.45) is 4.80. The van der Waals surface area contributed by atoms with Crippen LogP contribution in [0.3, 0.4) is 0 Å². The number of fused-ring (bicyclic) bond motifs is 1. The zero-order valence-corrected chi connectivity index (χ0v) is 25.3. The van der Waals surface area contributed by atoms with Gasteiger partial charge in [-0.3, -0.25) is 14.8 Å². The highest BCUT2D eigenvalue weighted by Crippen LogP contribution is 2.29. The average Bonchev–Trinajstić information content (AvgIpc) is 2.99. The Labute approximate surface area is 246 Å². The van der Waals surface area contributed by atoms with Crippen LogP contribution in [0.1, 0.15) is 31.9 Å². The van der Waals surface area contributed by atoms with Gasteiger partial charge in [0.2, 0.25) is 26.0 Å². The molecule has 0 saturated carbocycles. The van der Waals surface area contributed by atoms with Gasteiger partial charge in [0.25, 0.3) is 0 Å². The first-order valence-electron chi connectivity index (χ1n) is 13.5. The van der Waals surface area contributed by atoms with Gasteiger partial charge in [-0.25, -0.2) is 16.8 Å². The van der Waals surface area contributed by atoms with E-state index in [1.165, 1.54) is 16.4 Å². The van der Waals surface area contributed by atoms with Crippen molar-refractivity contribution >= 4 is 36.9 Å². The molecule has 0 bridgehead atoms. The summed E-state index contributed by atoms with van der Waals surface area (Å²) < 4.78 is 57.5. The molecule has 0 aliphatic carbocycles. The van der Waals surface area contributed by atoms with Crippen LogP contribution in [0.4, 0.5) is 0 Å². The van der Waals surface area contributed by atoms with E-state index in [0.717, 1.165) is 15.4 Å². The number of nitrogens with one attached hydrogen (secondary N) is 1. The lowest BCUT2D eigenvalue weighted by molar-refractivity contribution is -0.126. The fourth-order valence-electron chi connectivity index (χ4n) is 4.89. The fourth-order valence-corrected chi connectivity index (χ4v) is 7.94. The molecule has 3 heterocycles. The Balaban J connectivity index is 1.46. The van der Waals surface area contributed by atoms with Gasteiger partial charge in [0.05, 0.1) is 15.3 Å². The first-order valence-corrected chi connectivity index (χ1v) is 16.4. The van der Waals surface area contributed by atoms with Crippen LogP contribution in [-0.4, -0.2) is 67.0 Å². The minimum atomic E-state index is -4.17. The molecule has 1 atom stereocenters. The lowest BCUT2D eigenvalue weighted by atomic mass is 9.87. The molecule has 220 valence electrons. The number of amides is 1. The first kappa shape index (κ1) is 29.8. The van der Waals surface area contributed by atoms with E-state index >= 15 is 0 Å². The van der Waals surface area contributed by atoms with Crippen molar-refractivity contribution in [3.05, 3.63) is 96.4 Å². The second-order valence-corrected chi connectivity index (χ2v) is 15.0. The van der Waals surface area contributed by atoms with E-state index in [0.29, 0.717) is 10.9 Å². The summed E-state index contributed by atoms with van der Waals surface area (Å²) in [5.41, 5.74) is 2.24. The second kappa shape index (κ2) is 11.5. The number of pyridine rings is 2. The second-order valence-electron chi connectivity index (χ2n) is 11.2. The van der Waals surface area contributed by atoms with Crippen LogP contribution in [-0.2, 0) is 36.8 Å². The number of benzene rings is 2. The number of carbonyl (C=O) groups is 1. The van der Waals surface area contributed by atoms with Crippen LogP contribution in [0.15, 0.2) is 95.1 Å². The molecule has 4 aromatic rings. The van der Waals surface area contributed by atoms with Gasteiger partial charge in [-0.05, 0) is 65.1 Å². The zero-order valence-electron chi connectivity index (χ0n) is 23.6. The van der Waals surface area contributed by atoms with Gasteiger partial charge < -0.3 is 5.32 Å². The van der Waals surface area contributed by atoms with Gasteiger partial charge in [0.1, 0.15) is 6.04 Å². The standard InChI is InChI=1S/C30H33N5O5S2/c1-30(2,3)24-6-8-25(9-7-24)41(37,38)34-17-18-35(28(21-34)29(36)33-20-22-12-15-31-16-13-22)42(39,40)26-10-11-27-23(19-26)5-4-14-32-27/h4-16,19,28H,17-18,20-21H2,1-3H3,(H,33,36). The molecule has 0 spiro atoms. The molecule has 1 aliphatic rings. The summed E-state index contributed by atoms with van der Waals surface area (Å²) in [6, 6.07) is 16.9. The molecular formula is C30H33N5O5S2. The van der Waals surface area contributed by atoms with E-state index in [9.17, 15) is 21.6 Å². The van der Waals surface area contributed by atoms with Crippen molar-refractivity contribution in [1.29, 1.82) is 0 Å². The molecule has 1 unspecified atom stereocenters. The predicted molar refractivity (Wildman–Crippen MR) is 159 cm³/mol. The normalized spacial score (nSPS) is 17.3. The van der Waals surface area contributed by atoms with Gasteiger partial charge in [0, 0.05) is 50.2 Å². The van der Waals surface area contributed by atoms with Gasteiger partial charge in [-0.2, -0.15) is 8.61 Å². The minimum absolute atomic E-state index is 0.00371. The third-order valence-corrected chi connectivity index (χ3v) is 11.1. The van der Waals surface area contributed by atoms with E-state index in [2.05, 4.69) is 15.3 Å². The van der Waals surface area contributed by atoms with Gasteiger partial charge in [0.15, 0.2) is 0 Å². The summed E-state index contributed by atoms with van der Waals surface area (Å²) in [6.45, 7) is 5.62. The third-order valence-electron chi connectivity index (χ3n) is 7.35. The number of hydrogen-bond acceptors (Lipinski definition) is 7. The SMILES string of the molecule is CC(C)(C)c1ccc(S(=O)(=O)N2CCN(S(=O)(=O)c3ccc4ncccc4c3)C(C(=O)NCc3ccncc3)C2)cc1. The van der Waals surface area contributed by atoms with Crippen LogP contribution in [0.5, 0.6) is 0 Å². The predicted octanol–water partition coefficient (Wildman–Crippen LogP) is 3.31. The van der Waals surface area contributed by atoms with Crippen LogP contribution in [0.2, 0.25) is 0 Å². The molecule has 1 saturated heterocycles. The summed E-state index contributed by atoms with van der Waals surface area (Å²) in [5.74, 6) is -0.596. The van der Waals surface area contributed by atoms with Crippen molar-refractivity contribution in [3.8, 4) is 0 Å². The molecule has 12 heteroatoms. The number of piperazine rings is 1. The van der Waals surface area contributed by atoms with Crippen LogP contribution < -0.4 is 5.32 Å². The van der Waals surface area contributed by atoms with Gasteiger partial charge >= 0.3 is 0 Å². The van der Waals surface area contributed by atoms with Crippen molar-refractivity contribution in [2.45, 2.75) is 48.6 Å². The van der Waals surface area contributed by atoms with Crippen LogP contribution in [0.25, 0.3) is 10.9 Å².